The highest BCUT2D eigenvalue weighted by atomic mass is 19.2. The highest BCUT2D eigenvalue weighted by Crippen LogP contribution is 2.42. The smallest absolute Gasteiger partial charge is 0.167 e. The molecule has 0 bridgehead atoms. The number of halogens is 4. The number of hydrogen-bond acceptors (Lipinski definition) is 1. The maximum absolute atomic E-state index is 15.1. The average molecular weight is 390 g/mol. The zero-order chi connectivity index (χ0) is 20.0. The molecule has 1 atom stereocenters. The molecule has 28 heavy (non-hydrogen) atoms. The lowest BCUT2D eigenvalue weighted by molar-refractivity contribution is 0.0871. The first-order valence-corrected chi connectivity index (χ1v) is 9.74. The van der Waals surface area contributed by atoms with Gasteiger partial charge in [-0.1, -0.05) is 25.5 Å². The first-order valence-electron chi connectivity index (χ1n) is 9.74. The minimum absolute atomic E-state index is 0.0375. The normalized spacial score (nSPS) is 18.5. The summed E-state index contributed by atoms with van der Waals surface area (Å²) in [7, 11) is 0. The van der Waals surface area contributed by atoms with Crippen LogP contribution in [0.2, 0.25) is 0 Å². The Hall–Kier alpha value is -2.14. The van der Waals surface area contributed by atoms with Crippen LogP contribution in [-0.2, 0) is 24.0 Å². The molecule has 0 fully saturated rings. The van der Waals surface area contributed by atoms with E-state index in [1.807, 2.05) is 19.9 Å². The summed E-state index contributed by atoms with van der Waals surface area (Å²) in [6, 6.07) is 3.17. The predicted molar refractivity (Wildman–Crippen MR) is 101 cm³/mol. The standard InChI is InChI=1S/C23H22F4O/c1-3-4-15-9-13-7-8-14-10-17(16-6-5-12(2)28-11-16)21(25)23(27)19(14)18(13)22(26)20(15)24/h6,9-10,12H,3-5,7-8,11H2,1-2H3. The van der Waals surface area contributed by atoms with Crippen LogP contribution in [0, 0.1) is 23.3 Å². The van der Waals surface area contributed by atoms with Crippen LogP contribution < -0.4 is 0 Å². The van der Waals surface area contributed by atoms with Crippen molar-refractivity contribution in [2.24, 2.45) is 0 Å². The molecule has 2 aromatic carbocycles. The van der Waals surface area contributed by atoms with Crippen molar-refractivity contribution in [3.05, 3.63) is 63.7 Å². The molecule has 1 nitrogen and oxygen atoms in total. The van der Waals surface area contributed by atoms with Gasteiger partial charge in [0.05, 0.1) is 12.7 Å². The third-order valence-electron chi connectivity index (χ3n) is 5.65. The van der Waals surface area contributed by atoms with Gasteiger partial charge < -0.3 is 4.74 Å². The van der Waals surface area contributed by atoms with Crippen molar-refractivity contribution in [1.82, 2.24) is 0 Å². The summed E-state index contributed by atoms with van der Waals surface area (Å²) < 4.78 is 64.9. The second kappa shape index (κ2) is 7.36. The number of aryl methyl sites for hydroxylation is 3. The van der Waals surface area contributed by atoms with E-state index < -0.39 is 23.3 Å². The molecule has 0 saturated heterocycles. The fourth-order valence-electron chi connectivity index (χ4n) is 4.16. The zero-order valence-electron chi connectivity index (χ0n) is 16.0. The topological polar surface area (TPSA) is 9.23 Å². The van der Waals surface area contributed by atoms with E-state index in [0.29, 0.717) is 54.4 Å². The molecule has 5 heteroatoms. The summed E-state index contributed by atoms with van der Waals surface area (Å²) in [5, 5.41) is 0. The zero-order valence-corrected chi connectivity index (χ0v) is 16.0. The van der Waals surface area contributed by atoms with Gasteiger partial charge in [-0.15, -0.1) is 0 Å². The molecule has 148 valence electrons. The molecule has 1 aliphatic heterocycles. The number of rotatable bonds is 3. The van der Waals surface area contributed by atoms with Gasteiger partial charge in [0.2, 0.25) is 0 Å². The fraction of sp³-hybridized carbons (Fsp3) is 0.391. The minimum Gasteiger partial charge on any atom is -0.373 e. The van der Waals surface area contributed by atoms with Gasteiger partial charge in [-0.2, -0.15) is 0 Å². The van der Waals surface area contributed by atoms with E-state index in [2.05, 4.69) is 0 Å². The molecule has 1 aliphatic carbocycles. The molecule has 2 aromatic rings. The molecule has 0 N–H and O–H groups in total. The molecule has 1 unspecified atom stereocenters. The monoisotopic (exact) mass is 390 g/mol. The maximum atomic E-state index is 15.1. The Bertz CT molecular complexity index is 978. The van der Waals surface area contributed by atoms with Crippen molar-refractivity contribution in [1.29, 1.82) is 0 Å². The highest BCUT2D eigenvalue weighted by Gasteiger charge is 2.30. The van der Waals surface area contributed by atoms with Crippen LogP contribution in [-0.4, -0.2) is 12.7 Å². The fourth-order valence-corrected chi connectivity index (χ4v) is 4.16. The Morgan fingerprint density at radius 1 is 0.929 bits per heavy atom. The quantitative estimate of drug-likeness (QED) is 0.571. The number of ether oxygens (including phenoxy) is 1. The van der Waals surface area contributed by atoms with Crippen molar-refractivity contribution in [3.8, 4) is 11.1 Å². The second-order valence-electron chi connectivity index (χ2n) is 7.62. The molecule has 0 spiro atoms. The molecule has 0 amide bonds. The van der Waals surface area contributed by atoms with Crippen LogP contribution in [0.25, 0.3) is 16.7 Å². The summed E-state index contributed by atoms with van der Waals surface area (Å²) >= 11 is 0. The molecular weight excluding hydrogens is 368 g/mol. The first kappa shape index (κ1) is 19.2. The Morgan fingerprint density at radius 2 is 1.57 bits per heavy atom. The van der Waals surface area contributed by atoms with Crippen LogP contribution in [0.1, 0.15) is 48.9 Å². The average Bonchev–Trinajstić information content (AvgIpc) is 2.69. The summed E-state index contributed by atoms with van der Waals surface area (Å²) in [6.07, 6.45) is 4.51. The van der Waals surface area contributed by atoms with E-state index in [1.54, 1.807) is 12.1 Å². The van der Waals surface area contributed by atoms with Gasteiger partial charge in [0, 0.05) is 16.7 Å². The van der Waals surface area contributed by atoms with Gasteiger partial charge in [0.1, 0.15) is 0 Å². The summed E-state index contributed by atoms with van der Waals surface area (Å²) in [5.74, 6) is -4.19. The maximum Gasteiger partial charge on any atom is 0.167 e. The van der Waals surface area contributed by atoms with Crippen LogP contribution in [0.4, 0.5) is 17.6 Å². The predicted octanol–water partition coefficient (Wildman–Crippen LogP) is 6.15. The molecule has 2 aliphatic rings. The van der Waals surface area contributed by atoms with Crippen molar-refractivity contribution in [2.75, 3.05) is 6.61 Å². The lowest BCUT2D eigenvalue weighted by Crippen LogP contribution is -2.17. The van der Waals surface area contributed by atoms with E-state index in [0.717, 1.165) is 0 Å². The van der Waals surface area contributed by atoms with Gasteiger partial charge in [0.25, 0.3) is 0 Å². The van der Waals surface area contributed by atoms with Gasteiger partial charge >= 0.3 is 0 Å². The van der Waals surface area contributed by atoms with E-state index in [9.17, 15) is 13.2 Å². The van der Waals surface area contributed by atoms with E-state index in [-0.39, 0.29) is 29.4 Å². The Balaban J connectivity index is 1.88. The van der Waals surface area contributed by atoms with Crippen molar-refractivity contribution in [2.45, 2.75) is 52.1 Å². The Labute approximate surface area is 162 Å². The van der Waals surface area contributed by atoms with E-state index in [4.69, 9.17) is 4.74 Å². The number of hydrogen-bond donors (Lipinski definition) is 0. The summed E-state index contributed by atoms with van der Waals surface area (Å²) in [4.78, 5) is 0. The molecule has 0 radical (unpaired) electrons. The van der Waals surface area contributed by atoms with Gasteiger partial charge in [0.15, 0.2) is 23.3 Å². The summed E-state index contributed by atoms with van der Waals surface area (Å²) in [6.45, 7) is 4.00. The van der Waals surface area contributed by atoms with Gasteiger partial charge in [-0.05, 0) is 60.9 Å². The van der Waals surface area contributed by atoms with Crippen molar-refractivity contribution < 1.29 is 22.3 Å². The molecule has 0 saturated carbocycles. The van der Waals surface area contributed by atoms with Crippen LogP contribution in [0.5, 0.6) is 0 Å². The molecule has 4 rings (SSSR count). The SMILES string of the molecule is CCCc1cc2c(c(F)c1F)-c1c(cc(C3=CCC(C)OC3)c(F)c1F)CC2. The lowest BCUT2D eigenvalue weighted by Gasteiger charge is -2.25. The van der Waals surface area contributed by atoms with Crippen LogP contribution in [0.15, 0.2) is 18.2 Å². The van der Waals surface area contributed by atoms with Gasteiger partial charge in [-0.25, -0.2) is 17.6 Å². The summed E-state index contributed by atoms with van der Waals surface area (Å²) in [5.41, 5.74) is 1.79. The van der Waals surface area contributed by atoms with Crippen molar-refractivity contribution in [3.63, 3.8) is 0 Å². The highest BCUT2D eigenvalue weighted by molar-refractivity contribution is 5.79. The van der Waals surface area contributed by atoms with Crippen LogP contribution in [0.3, 0.4) is 0 Å². The van der Waals surface area contributed by atoms with E-state index >= 15 is 4.39 Å². The van der Waals surface area contributed by atoms with E-state index in [1.165, 1.54) is 0 Å². The lowest BCUT2D eigenvalue weighted by atomic mass is 9.81. The Morgan fingerprint density at radius 3 is 2.18 bits per heavy atom. The molecule has 0 aromatic heterocycles. The second-order valence-corrected chi connectivity index (χ2v) is 7.62. The Kier molecular flexibility index (Phi) is 5.04. The molecular formula is C23H22F4O. The number of fused-ring (bicyclic) bond motifs is 3. The van der Waals surface area contributed by atoms with Gasteiger partial charge in [-0.3, -0.25) is 0 Å². The third-order valence-corrected chi connectivity index (χ3v) is 5.65. The third kappa shape index (κ3) is 3.06. The largest absolute Gasteiger partial charge is 0.373 e. The molecule has 1 heterocycles. The van der Waals surface area contributed by atoms with Crippen molar-refractivity contribution >= 4 is 5.57 Å². The number of benzene rings is 2. The minimum atomic E-state index is -1.12. The van der Waals surface area contributed by atoms with Crippen LogP contribution >= 0.6 is 0 Å². The first-order chi connectivity index (χ1) is 13.4.